The summed E-state index contributed by atoms with van der Waals surface area (Å²) >= 11 is 0. The molecule has 0 unspecified atom stereocenters. The van der Waals surface area contributed by atoms with Gasteiger partial charge in [0.1, 0.15) is 0 Å². The topological polar surface area (TPSA) is 172 Å². The number of hydrogen-bond acceptors (Lipinski definition) is 8. The van der Waals surface area contributed by atoms with Crippen LogP contribution in [0.5, 0.6) is 0 Å². The summed E-state index contributed by atoms with van der Waals surface area (Å²) in [7, 11) is -10.8. The summed E-state index contributed by atoms with van der Waals surface area (Å²) in [6.07, 6.45) is 0. The van der Waals surface area contributed by atoms with Crippen LogP contribution < -0.4 is 29.4 Å². The normalized spacial score (nSPS) is 9.08. The van der Waals surface area contributed by atoms with Gasteiger partial charge in [0.2, 0.25) is 0 Å². The van der Waals surface area contributed by atoms with Gasteiger partial charge in [0.05, 0.1) is 0 Å². The van der Waals surface area contributed by atoms with Gasteiger partial charge < -0.3 is 38.5 Å². The Balaban J connectivity index is -0.0000000267. The Morgan fingerprint density at radius 3 is 0.692 bits per heavy atom. The summed E-state index contributed by atoms with van der Waals surface area (Å²) in [6, 6.07) is 0. The van der Waals surface area contributed by atoms with Crippen molar-refractivity contribution in [3.8, 4) is 0 Å². The standard InChI is InChI=1S/Fe.Mn.2H3O4P.Zn/c;;2*1-5(2,3)4;/h;;2*(H3,1,2,3,4);/q2*+2;;;+2/p-6. The summed E-state index contributed by atoms with van der Waals surface area (Å²) in [4.78, 5) is 51.3. The van der Waals surface area contributed by atoms with Gasteiger partial charge in [-0.1, -0.05) is 0 Å². The molecule has 75 valence electrons. The minimum atomic E-state index is -5.39. The van der Waals surface area contributed by atoms with Crippen LogP contribution in [0.4, 0.5) is 0 Å². The maximum absolute atomic E-state index is 8.55. The second kappa shape index (κ2) is 12.0. The maximum atomic E-state index is 8.55. The Morgan fingerprint density at radius 1 is 0.692 bits per heavy atom. The van der Waals surface area contributed by atoms with Crippen molar-refractivity contribution in [1.29, 1.82) is 0 Å². The van der Waals surface area contributed by atoms with E-state index in [0.717, 1.165) is 0 Å². The molecule has 0 saturated carbocycles. The van der Waals surface area contributed by atoms with E-state index >= 15 is 0 Å². The Bertz CT molecular complexity index is 134. The molecule has 0 aliphatic heterocycles. The molecule has 0 aliphatic carbocycles. The molecule has 0 saturated heterocycles. The second-order valence-electron chi connectivity index (χ2n) is 0.894. The van der Waals surface area contributed by atoms with Crippen LogP contribution in [0.2, 0.25) is 0 Å². The van der Waals surface area contributed by atoms with E-state index in [1.807, 2.05) is 0 Å². The predicted molar refractivity (Wildman–Crippen MR) is 15.2 cm³/mol. The molecule has 0 aliphatic rings. The Morgan fingerprint density at radius 2 is 0.692 bits per heavy atom. The Kier molecular flexibility index (Phi) is 27.0. The fourth-order valence-electron chi connectivity index (χ4n) is 0. The third-order valence-electron chi connectivity index (χ3n) is 0. The summed E-state index contributed by atoms with van der Waals surface area (Å²) in [6.45, 7) is 0. The van der Waals surface area contributed by atoms with Gasteiger partial charge >= 0.3 is 53.6 Å². The van der Waals surface area contributed by atoms with E-state index in [4.69, 9.17) is 38.5 Å². The summed E-state index contributed by atoms with van der Waals surface area (Å²) in [5.74, 6) is 0. The molecule has 8 nitrogen and oxygen atoms in total. The Hall–Kier alpha value is 1.88. The molecular weight excluding hydrogens is 366 g/mol. The smallest absolute Gasteiger partial charge is 0.822 e. The van der Waals surface area contributed by atoms with Crippen molar-refractivity contribution in [3.63, 3.8) is 0 Å². The van der Waals surface area contributed by atoms with Gasteiger partial charge in [-0.2, -0.15) is 15.6 Å². The SMILES string of the molecule is O=P([O-])([O-])[O-].O=P([O-])([O-])[O-].[Fe+2].[Mn+2].[Zn+2]. The van der Waals surface area contributed by atoms with Gasteiger partial charge in [-0.3, -0.25) is 0 Å². The fraction of sp³-hybridized carbons (Fsp3) is 0. The van der Waals surface area contributed by atoms with E-state index in [2.05, 4.69) is 0 Å². The van der Waals surface area contributed by atoms with Crippen molar-refractivity contribution < 1.29 is 92.1 Å². The second-order valence-corrected chi connectivity index (χ2v) is 2.68. The van der Waals surface area contributed by atoms with Crippen molar-refractivity contribution in [2.75, 3.05) is 0 Å². The minimum absolute atomic E-state index is 0. The average Bonchev–Trinajstić information content (AvgIpc) is 1.12. The monoisotopic (exact) mass is 365 g/mol. The molecule has 0 spiro atoms. The molecule has 0 N–H and O–H groups in total. The predicted octanol–water partition coefficient (Wildman–Crippen LogP) is -5.66. The molecule has 0 aromatic heterocycles. The van der Waals surface area contributed by atoms with Crippen LogP contribution in [0, 0.1) is 0 Å². The molecule has 0 heterocycles. The largest absolute Gasteiger partial charge is 2.00 e. The van der Waals surface area contributed by atoms with E-state index in [1.54, 1.807) is 0 Å². The first kappa shape index (κ1) is 29.4. The summed E-state index contributed by atoms with van der Waals surface area (Å²) in [5, 5.41) is 0. The first-order valence-corrected chi connectivity index (χ1v) is 4.38. The molecule has 0 rings (SSSR count). The molecule has 0 fully saturated rings. The minimum Gasteiger partial charge on any atom is -0.822 e. The Labute approximate surface area is 107 Å². The third-order valence-corrected chi connectivity index (χ3v) is 0. The van der Waals surface area contributed by atoms with Crippen LogP contribution in [-0.2, 0) is 62.7 Å². The van der Waals surface area contributed by atoms with E-state index in [1.165, 1.54) is 0 Å². The zero-order chi connectivity index (χ0) is 9.00. The van der Waals surface area contributed by atoms with Gasteiger partial charge in [0.25, 0.3) is 0 Å². The molecule has 13 heavy (non-hydrogen) atoms. The van der Waals surface area contributed by atoms with E-state index in [9.17, 15) is 0 Å². The molecule has 0 bridgehead atoms. The molecular formula is FeMnO8P2Zn. The van der Waals surface area contributed by atoms with Crippen molar-refractivity contribution in [1.82, 2.24) is 0 Å². The first-order valence-electron chi connectivity index (χ1n) is 1.46. The van der Waals surface area contributed by atoms with E-state index in [0.29, 0.717) is 0 Å². The summed E-state index contributed by atoms with van der Waals surface area (Å²) in [5.41, 5.74) is 0. The van der Waals surface area contributed by atoms with E-state index < -0.39 is 15.6 Å². The zero-order valence-electron chi connectivity index (χ0n) is 5.60. The molecule has 13 heteroatoms. The van der Waals surface area contributed by atoms with Gasteiger partial charge in [-0.15, -0.1) is 0 Å². The fourth-order valence-corrected chi connectivity index (χ4v) is 0. The van der Waals surface area contributed by atoms with Crippen LogP contribution in [0.15, 0.2) is 0 Å². The zero-order valence-corrected chi connectivity index (χ0v) is 12.6. The van der Waals surface area contributed by atoms with Gasteiger partial charge in [-0.05, 0) is 0 Å². The van der Waals surface area contributed by atoms with Crippen LogP contribution in [-0.4, -0.2) is 0 Å². The van der Waals surface area contributed by atoms with Crippen molar-refractivity contribution in [3.05, 3.63) is 0 Å². The van der Waals surface area contributed by atoms with Crippen molar-refractivity contribution in [2.45, 2.75) is 0 Å². The number of hydrogen-bond donors (Lipinski definition) is 0. The number of phosphoric acid groups is 2. The first-order chi connectivity index (χ1) is 4.00. The quantitative estimate of drug-likeness (QED) is 0.301. The van der Waals surface area contributed by atoms with Crippen LogP contribution >= 0.6 is 15.6 Å². The van der Waals surface area contributed by atoms with Crippen molar-refractivity contribution >= 4 is 15.6 Å². The van der Waals surface area contributed by atoms with Crippen LogP contribution in [0.3, 0.4) is 0 Å². The van der Waals surface area contributed by atoms with Crippen LogP contribution in [0.1, 0.15) is 0 Å². The average molecular weight is 366 g/mol. The van der Waals surface area contributed by atoms with Crippen LogP contribution in [0.25, 0.3) is 0 Å². The van der Waals surface area contributed by atoms with Gasteiger partial charge in [0.15, 0.2) is 0 Å². The molecule has 0 aromatic carbocycles. The molecule has 0 atom stereocenters. The number of rotatable bonds is 0. The van der Waals surface area contributed by atoms with Crippen molar-refractivity contribution in [2.24, 2.45) is 0 Å². The molecule has 0 aromatic rings. The van der Waals surface area contributed by atoms with Gasteiger partial charge in [0, 0.05) is 0 Å². The maximum Gasteiger partial charge on any atom is 2.00 e. The summed E-state index contributed by atoms with van der Waals surface area (Å²) < 4.78 is 17.1. The third kappa shape index (κ3) is 553. The van der Waals surface area contributed by atoms with Gasteiger partial charge in [-0.25, -0.2) is 0 Å². The molecule has 0 amide bonds. The van der Waals surface area contributed by atoms with E-state index in [-0.39, 0.29) is 53.6 Å². The molecule has 1 radical (unpaired) electrons.